The lowest BCUT2D eigenvalue weighted by Crippen LogP contribution is -2.40. The van der Waals surface area contributed by atoms with Gasteiger partial charge in [0, 0.05) is 38.3 Å². The average molecular weight is 431 g/mol. The first-order chi connectivity index (χ1) is 14.5. The molecule has 0 saturated carbocycles. The Hall–Kier alpha value is -2.45. The molecule has 3 rings (SSSR count). The van der Waals surface area contributed by atoms with Crippen LogP contribution >= 0.6 is 11.3 Å². The molecule has 162 valence electrons. The third-order valence-corrected chi connectivity index (χ3v) is 6.21. The van der Waals surface area contributed by atoms with Gasteiger partial charge < -0.3 is 15.0 Å². The molecule has 8 heteroatoms. The van der Waals surface area contributed by atoms with Crippen LogP contribution < -0.4 is 10.1 Å². The van der Waals surface area contributed by atoms with Crippen LogP contribution in [0.1, 0.15) is 35.6 Å². The van der Waals surface area contributed by atoms with E-state index in [0.29, 0.717) is 44.2 Å². The Morgan fingerprint density at radius 2 is 1.90 bits per heavy atom. The maximum absolute atomic E-state index is 13.2. The van der Waals surface area contributed by atoms with Crippen LogP contribution in [-0.4, -0.2) is 72.5 Å². The Morgan fingerprint density at radius 3 is 2.60 bits per heavy atom. The molecule has 0 atom stereocenters. The van der Waals surface area contributed by atoms with Gasteiger partial charge in [0.05, 0.1) is 18.8 Å². The number of amides is 2. The number of carbonyl (C=O) groups is 2. The highest BCUT2D eigenvalue weighted by Gasteiger charge is 2.25. The fraction of sp³-hybridized carbons (Fsp3) is 0.500. The number of hydrogen-bond donors (Lipinski definition) is 1. The predicted molar refractivity (Wildman–Crippen MR) is 119 cm³/mol. The monoisotopic (exact) mass is 430 g/mol. The first-order valence-corrected chi connectivity index (χ1v) is 11.3. The number of hydrogen-bond acceptors (Lipinski definition) is 6. The summed E-state index contributed by atoms with van der Waals surface area (Å²) in [7, 11) is 0. The van der Waals surface area contributed by atoms with Gasteiger partial charge in [-0.3, -0.25) is 14.5 Å². The summed E-state index contributed by atoms with van der Waals surface area (Å²) in [5, 5.41) is 3.67. The minimum atomic E-state index is 0.0297. The molecule has 0 aliphatic carbocycles. The minimum Gasteiger partial charge on any atom is -0.494 e. The predicted octanol–water partition coefficient (Wildman–Crippen LogP) is 2.80. The molecule has 2 amide bonds. The van der Waals surface area contributed by atoms with Crippen LogP contribution in [0.15, 0.2) is 24.3 Å². The van der Waals surface area contributed by atoms with Crippen molar-refractivity contribution in [1.82, 2.24) is 20.1 Å². The van der Waals surface area contributed by atoms with Crippen molar-refractivity contribution in [2.45, 2.75) is 27.2 Å². The number of aryl methyl sites for hydroxylation is 1. The Morgan fingerprint density at radius 1 is 1.13 bits per heavy atom. The van der Waals surface area contributed by atoms with Gasteiger partial charge in [-0.2, -0.15) is 0 Å². The zero-order valence-electron chi connectivity index (χ0n) is 17.9. The molecule has 1 aliphatic rings. The van der Waals surface area contributed by atoms with Crippen molar-refractivity contribution in [3.8, 4) is 16.3 Å². The summed E-state index contributed by atoms with van der Waals surface area (Å²) in [5.41, 5.74) is 1.74. The van der Waals surface area contributed by atoms with E-state index in [1.54, 1.807) is 0 Å². The van der Waals surface area contributed by atoms with Gasteiger partial charge in [-0.1, -0.05) is 0 Å². The second-order valence-electron chi connectivity index (χ2n) is 7.27. The Balaban J connectivity index is 1.66. The van der Waals surface area contributed by atoms with Crippen molar-refractivity contribution in [2.75, 3.05) is 45.9 Å². The molecule has 1 N–H and O–H groups in total. The highest BCUT2D eigenvalue weighted by atomic mass is 32.1. The summed E-state index contributed by atoms with van der Waals surface area (Å²) in [5.74, 6) is 0.894. The summed E-state index contributed by atoms with van der Waals surface area (Å²) in [6.45, 7) is 10.3. The number of aromatic nitrogens is 1. The van der Waals surface area contributed by atoms with Crippen LogP contribution in [-0.2, 0) is 4.79 Å². The van der Waals surface area contributed by atoms with Gasteiger partial charge in [-0.15, -0.1) is 11.3 Å². The molecule has 1 aliphatic heterocycles. The molecule has 0 bridgehead atoms. The minimum absolute atomic E-state index is 0.0297. The highest BCUT2D eigenvalue weighted by Crippen LogP contribution is 2.30. The largest absolute Gasteiger partial charge is 0.494 e. The van der Waals surface area contributed by atoms with E-state index in [1.165, 1.54) is 11.3 Å². The summed E-state index contributed by atoms with van der Waals surface area (Å²) in [4.78, 5) is 34.4. The number of ether oxygens (including phenoxy) is 1. The first-order valence-electron chi connectivity index (χ1n) is 10.5. The van der Waals surface area contributed by atoms with E-state index in [-0.39, 0.29) is 11.8 Å². The van der Waals surface area contributed by atoms with Crippen molar-refractivity contribution >= 4 is 23.2 Å². The zero-order chi connectivity index (χ0) is 21.5. The number of nitrogens with one attached hydrogen (secondary N) is 1. The molecule has 1 aromatic heterocycles. The van der Waals surface area contributed by atoms with E-state index in [1.807, 2.05) is 49.9 Å². The molecular formula is C22H30N4O3S. The molecule has 2 aromatic rings. The molecule has 1 saturated heterocycles. The van der Waals surface area contributed by atoms with E-state index >= 15 is 0 Å². The third kappa shape index (κ3) is 5.58. The van der Waals surface area contributed by atoms with Crippen LogP contribution in [0.2, 0.25) is 0 Å². The standard InChI is InChI=1S/C22H30N4O3S/c1-4-23-19(27)15-25-11-6-12-26(14-13-25)22(28)20-16(3)24-21(30-20)17-7-9-18(10-8-17)29-5-2/h7-10H,4-6,11-15H2,1-3H3,(H,23,27). The molecule has 1 aromatic carbocycles. The van der Waals surface area contributed by atoms with Gasteiger partial charge in [0.2, 0.25) is 5.91 Å². The first kappa shape index (κ1) is 22.2. The van der Waals surface area contributed by atoms with E-state index < -0.39 is 0 Å². The van der Waals surface area contributed by atoms with Crippen LogP contribution in [0, 0.1) is 6.92 Å². The molecule has 0 spiro atoms. The highest BCUT2D eigenvalue weighted by molar-refractivity contribution is 7.17. The second-order valence-corrected chi connectivity index (χ2v) is 8.27. The third-order valence-electron chi connectivity index (χ3n) is 5.02. The maximum Gasteiger partial charge on any atom is 0.265 e. The topological polar surface area (TPSA) is 74.8 Å². The average Bonchev–Trinajstić information content (AvgIpc) is 2.96. The molecule has 2 heterocycles. The van der Waals surface area contributed by atoms with Crippen molar-refractivity contribution in [3.05, 3.63) is 34.8 Å². The lowest BCUT2D eigenvalue weighted by Gasteiger charge is -2.21. The van der Waals surface area contributed by atoms with Gasteiger partial charge >= 0.3 is 0 Å². The number of nitrogens with zero attached hydrogens (tertiary/aromatic N) is 3. The number of likely N-dealkylation sites (N-methyl/N-ethyl adjacent to an activating group) is 1. The van der Waals surface area contributed by atoms with Crippen LogP contribution in [0.4, 0.5) is 0 Å². The van der Waals surface area contributed by atoms with E-state index in [9.17, 15) is 9.59 Å². The van der Waals surface area contributed by atoms with Crippen LogP contribution in [0.3, 0.4) is 0 Å². The van der Waals surface area contributed by atoms with Crippen LogP contribution in [0.25, 0.3) is 10.6 Å². The maximum atomic E-state index is 13.2. The Bertz CT molecular complexity index is 866. The fourth-order valence-corrected chi connectivity index (χ4v) is 4.55. The SMILES string of the molecule is CCNC(=O)CN1CCCN(C(=O)c2sc(-c3ccc(OCC)cc3)nc2C)CC1. The Kier molecular flexibility index (Phi) is 7.81. The number of rotatable bonds is 7. The molecule has 1 fully saturated rings. The summed E-state index contributed by atoms with van der Waals surface area (Å²) < 4.78 is 5.49. The smallest absolute Gasteiger partial charge is 0.265 e. The van der Waals surface area contributed by atoms with Gasteiger partial charge in [0.15, 0.2) is 0 Å². The van der Waals surface area contributed by atoms with E-state index in [0.717, 1.165) is 35.0 Å². The van der Waals surface area contributed by atoms with Crippen molar-refractivity contribution in [3.63, 3.8) is 0 Å². The molecule has 0 unspecified atom stereocenters. The lowest BCUT2D eigenvalue weighted by molar-refractivity contribution is -0.122. The van der Waals surface area contributed by atoms with Crippen molar-refractivity contribution in [2.24, 2.45) is 0 Å². The van der Waals surface area contributed by atoms with Gasteiger partial charge in [0.25, 0.3) is 5.91 Å². The normalized spacial score (nSPS) is 15.0. The van der Waals surface area contributed by atoms with Gasteiger partial charge in [0.1, 0.15) is 15.6 Å². The van der Waals surface area contributed by atoms with Crippen LogP contribution in [0.5, 0.6) is 5.75 Å². The van der Waals surface area contributed by atoms with Gasteiger partial charge in [-0.25, -0.2) is 4.98 Å². The summed E-state index contributed by atoms with van der Waals surface area (Å²) in [6, 6.07) is 7.80. The van der Waals surface area contributed by atoms with Crippen molar-refractivity contribution < 1.29 is 14.3 Å². The number of benzene rings is 1. The molecular weight excluding hydrogens is 400 g/mol. The van der Waals surface area contributed by atoms with Crippen molar-refractivity contribution in [1.29, 1.82) is 0 Å². The zero-order valence-corrected chi connectivity index (χ0v) is 18.8. The second kappa shape index (κ2) is 10.5. The quantitative estimate of drug-likeness (QED) is 0.731. The lowest BCUT2D eigenvalue weighted by atomic mass is 10.2. The molecule has 7 nitrogen and oxygen atoms in total. The Labute approximate surface area is 182 Å². The van der Waals surface area contributed by atoms with Gasteiger partial charge in [-0.05, 0) is 51.5 Å². The summed E-state index contributed by atoms with van der Waals surface area (Å²) >= 11 is 1.44. The van der Waals surface area contributed by atoms with E-state index in [4.69, 9.17) is 4.74 Å². The fourth-order valence-electron chi connectivity index (χ4n) is 3.51. The number of carbonyl (C=O) groups excluding carboxylic acids is 2. The molecule has 0 radical (unpaired) electrons. The number of thiazole rings is 1. The molecule has 30 heavy (non-hydrogen) atoms. The van der Waals surface area contributed by atoms with E-state index in [2.05, 4.69) is 15.2 Å². The summed E-state index contributed by atoms with van der Waals surface area (Å²) in [6.07, 6.45) is 0.856.